The molecule has 0 bridgehead atoms. The molecule has 1 heterocycles. The van der Waals surface area contributed by atoms with E-state index in [0.717, 1.165) is 43.0 Å². The van der Waals surface area contributed by atoms with Crippen molar-refractivity contribution in [2.45, 2.75) is 57.2 Å². The average molecular weight is 443 g/mol. The molecule has 0 aliphatic carbocycles. The summed E-state index contributed by atoms with van der Waals surface area (Å²) in [5.41, 5.74) is 1.30. The number of amides is 3. The van der Waals surface area contributed by atoms with Crippen LogP contribution < -0.4 is 16.0 Å². The first-order chi connectivity index (χ1) is 15.3. The van der Waals surface area contributed by atoms with Gasteiger partial charge in [-0.15, -0.1) is 0 Å². The Morgan fingerprint density at radius 1 is 1.06 bits per heavy atom. The molecule has 3 amide bonds. The van der Waals surface area contributed by atoms with Crippen LogP contribution in [0.3, 0.4) is 0 Å². The van der Waals surface area contributed by atoms with E-state index in [-0.39, 0.29) is 23.9 Å². The normalized spacial score (nSPS) is 19.4. The molecule has 1 saturated heterocycles. The maximum atomic E-state index is 13.3. The number of carbonyl (C=O) groups excluding carboxylic acids is 3. The van der Waals surface area contributed by atoms with Crippen molar-refractivity contribution in [1.82, 2.24) is 16.0 Å². The van der Waals surface area contributed by atoms with E-state index in [4.69, 9.17) is 0 Å². The van der Waals surface area contributed by atoms with Gasteiger partial charge in [0.1, 0.15) is 23.7 Å². The zero-order chi connectivity index (χ0) is 23.1. The highest BCUT2D eigenvalue weighted by Crippen LogP contribution is 2.15. The quantitative estimate of drug-likeness (QED) is 0.614. The Morgan fingerprint density at radius 3 is 2.44 bits per heavy atom. The summed E-state index contributed by atoms with van der Waals surface area (Å²) in [4.78, 5) is 37.3. The molecule has 8 heteroatoms. The number of carbonyl (C=O) groups is 3. The summed E-state index contributed by atoms with van der Waals surface area (Å²) in [6.45, 7) is 1.49. The zero-order valence-corrected chi connectivity index (χ0v) is 17.9. The first-order valence-electron chi connectivity index (χ1n) is 10.7. The van der Waals surface area contributed by atoms with Crippen molar-refractivity contribution < 1.29 is 23.2 Å². The molecule has 3 rings (SSSR count). The molecule has 1 fully saturated rings. The monoisotopic (exact) mass is 443 g/mol. The molecule has 3 atom stereocenters. The van der Waals surface area contributed by atoms with Gasteiger partial charge in [0.25, 0.3) is 0 Å². The predicted molar refractivity (Wildman–Crippen MR) is 116 cm³/mol. The molecule has 1 aliphatic heterocycles. The Balaban J connectivity index is 1.49. The fourth-order valence-corrected chi connectivity index (χ4v) is 3.82. The van der Waals surface area contributed by atoms with E-state index >= 15 is 0 Å². The number of rotatable bonds is 7. The highest BCUT2D eigenvalue weighted by Gasteiger charge is 2.28. The minimum Gasteiger partial charge on any atom is -0.351 e. The summed E-state index contributed by atoms with van der Waals surface area (Å²) in [6.07, 6.45) is 2.54. The largest absolute Gasteiger partial charge is 0.351 e. The summed E-state index contributed by atoms with van der Waals surface area (Å²) in [5.74, 6) is -2.84. The molecule has 32 heavy (non-hydrogen) atoms. The number of hydrogen-bond donors (Lipinski definition) is 3. The summed E-state index contributed by atoms with van der Waals surface area (Å²) >= 11 is 0. The SMILES string of the molecule is C[C@H](NC(=O)Cc1cc(F)cc(F)c1)C(=O)NC1CCCC(Cc2ccccc2)NC1=O. The predicted octanol–water partition coefficient (Wildman–Crippen LogP) is 2.41. The lowest BCUT2D eigenvalue weighted by Crippen LogP contribution is -2.53. The van der Waals surface area contributed by atoms with Crippen molar-refractivity contribution in [2.75, 3.05) is 0 Å². The van der Waals surface area contributed by atoms with Crippen LogP contribution in [0.1, 0.15) is 37.3 Å². The average Bonchev–Trinajstić information content (AvgIpc) is 2.88. The van der Waals surface area contributed by atoms with E-state index in [9.17, 15) is 23.2 Å². The Kier molecular flexibility index (Phi) is 7.92. The van der Waals surface area contributed by atoms with Crippen molar-refractivity contribution in [1.29, 1.82) is 0 Å². The van der Waals surface area contributed by atoms with Gasteiger partial charge < -0.3 is 16.0 Å². The van der Waals surface area contributed by atoms with Crippen LogP contribution in [0.15, 0.2) is 48.5 Å². The standard InChI is InChI=1S/C24H27F2N3O3/c1-15(27-22(30)13-17-10-18(25)14-19(26)11-17)23(31)29-21-9-5-8-20(28-24(21)32)12-16-6-3-2-4-7-16/h2-4,6-7,10-11,14-15,20-21H,5,8-9,12-13H2,1H3,(H,27,30)(H,28,32)(H,29,31)/t15-,20?,21?/m0/s1. The molecular formula is C24H27F2N3O3. The topological polar surface area (TPSA) is 87.3 Å². The van der Waals surface area contributed by atoms with Gasteiger partial charge in [-0.05, 0) is 55.9 Å². The molecule has 2 aromatic carbocycles. The summed E-state index contributed by atoms with van der Waals surface area (Å²) in [7, 11) is 0. The van der Waals surface area contributed by atoms with E-state index in [1.807, 2.05) is 30.3 Å². The molecule has 2 unspecified atom stereocenters. The van der Waals surface area contributed by atoms with Gasteiger partial charge in [0.2, 0.25) is 17.7 Å². The minimum atomic E-state index is -0.905. The number of halogens is 2. The fourth-order valence-electron chi connectivity index (χ4n) is 3.82. The van der Waals surface area contributed by atoms with Crippen LogP contribution >= 0.6 is 0 Å². The van der Waals surface area contributed by atoms with E-state index in [1.54, 1.807) is 0 Å². The van der Waals surface area contributed by atoms with E-state index < -0.39 is 35.5 Å². The molecule has 0 spiro atoms. The van der Waals surface area contributed by atoms with Crippen LogP contribution in [-0.2, 0) is 27.2 Å². The van der Waals surface area contributed by atoms with Crippen molar-refractivity contribution >= 4 is 17.7 Å². The van der Waals surface area contributed by atoms with Gasteiger partial charge >= 0.3 is 0 Å². The van der Waals surface area contributed by atoms with E-state index in [2.05, 4.69) is 16.0 Å². The Labute approximate surface area is 185 Å². The third-order valence-electron chi connectivity index (χ3n) is 5.41. The molecule has 2 aromatic rings. The van der Waals surface area contributed by atoms with Crippen molar-refractivity contribution in [2.24, 2.45) is 0 Å². The molecule has 6 nitrogen and oxygen atoms in total. The fraction of sp³-hybridized carbons (Fsp3) is 0.375. The first-order valence-corrected chi connectivity index (χ1v) is 10.7. The molecule has 1 aliphatic rings. The molecule has 3 N–H and O–H groups in total. The van der Waals surface area contributed by atoms with Crippen LogP contribution in [0.25, 0.3) is 0 Å². The van der Waals surface area contributed by atoms with Crippen LogP contribution in [-0.4, -0.2) is 35.8 Å². The Morgan fingerprint density at radius 2 is 1.75 bits per heavy atom. The number of benzene rings is 2. The second-order valence-electron chi connectivity index (χ2n) is 8.13. The molecule has 170 valence electrons. The second kappa shape index (κ2) is 10.8. The number of hydrogen-bond acceptors (Lipinski definition) is 3. The molecule has 0 aromatic heterocycles. The zero-order valence-electron chi connectivity index (χ0n) is 17.9. The number of nitrogens with one attached hydrogen (secondary N) is 3. The van der Waals surface area contributed by atoms with E-state index in [1.165, 1.54) is 6.92 Å². The molecular weight excluding hydrogens is 416 g/mol. The lowest BCUT2D eigenvalue weighted by molar-refractivity contribution is -0.131. The molecule has 0 radical (unpaired) electrons. The van der Waals surface area contributed by atoms with Gasteiger partial charge in [-0.3, -0.25) is 14.4 Å². The van der Waals surface area contributed by atoms with Crippen molar-refractivity contribution in [3.8, 4) is 0 Å². The van der Waals surface area contributed by atoms with Gasteiger partial charge in [0.15, 0.2) is 0 Å². The summed E-state index contributed by atoms with van der Waals surface area (Å²) in [5, 5.41) is 8.19. The summed E-state index contributed by atoms with van der Waals surface area (Å²) < 4.78 is 26.6. The van der Waals surface area contributed by atoms with Crippen LogP contribution in [0, 0.1) is 11.6 Å². The second-order valence-corrected chi connectivity index (χ2v) is 8.13. The first kappa shape index (κ1) is 23.4. The third kappa shape index (κ3) is 6.87. The maximum absolute atomic E-state index is 13.3. The van der Waals surface area contributed by atoms with Crippen LogP contribution in [0.2, 0.25) is 0 Å². The van der Waals surface area contributed by atoms with Gasteiger partial charge in [-0.1, -0.05) is 30.3 Å². The van der Waals surface area contributed by atoms with Crippen molar-refractivity contribution in [3.63, 3.8) is 0 Å². The maximum Gasteiger partial charge on any atom is 0.242 e. The lowest BCUT2D eigenvalue weighted by Gasteiger charge is -2.20. The smallest absolute Gasteiger partial charge is 0.242 e. The lowest BCUT2D eigenvalue weighted by atomic mass is 10.0. The minimum absolute atomic E-state index is 0.00408. The summed E-state index contributed by atoms with van der Waals surface area (Å²) in [6, 6.07) is 11.1. The Hall–Kier alpha value is -3.29. The van der Waals surface area contributed by atoms with Crippen LogP contribution in [0.4, 0.5) is 8.78 Å². The molecule has 0 saturated carbocycles. The van der Waals surface area contributed by atoms with Gasteiger partial charge in [-0.25, -0.2) is 8.78 Å². The highest BCUT2D eigenvalue weighted by atomic mass is 19.1. The van der Waals surface area contributed by atoms with Crippen molar-refractivity contribution in [3.05, 3.63) is 71.3 Å². The van der Waals surface area contributed by atoms with Gasteiger partial charge in [0.05, 0.1) is 6.42 Å². The third-order valence-corrected chi connectivity index (χ3v) is 5.41. The van der Waals surface area contributed by atoms with E-state index in [0.29, 0.717) is 6.42 Å². The Bertz CT molecular complexity index is 948. The van der Waals surface area contributed by atoms with Crippen LogP contribution in [0.5, 0.6) is 0 Å². The van der Waals surface area contributed by atoms with Gasteiger partial charge in [-0.2, -0.15) is 0 Å². The van der Waals surface area contributed by atoms with Gasteiger partial charge in [0, 0.05) is 12.1 Å². The highest BCUT2D eigenvalue weighted by molar-refractivity contribution is 5.92.